The molecular weight excluding hydrogens is 216 g/mol. The standard InChI is InChI=1S/C13H16N2O2/c1-3-13(16)12-7-9-6-10(17-8-14-2)4-5-11(9)15-12/h4-7,14-15H,3,8H2,1-2H3. The average molecular weight is 232 g/mol. The SMILES string of the molecule is CCC(=O)c1cc2cc(OCNC)ccc2[nH]1. The zero-order valence-corrected chi connectivity index (χ0v) is 10.0. The van der Waals surface area contributed by atoms with Crippen molar-refractivity contribution in [2.24, 2.45) is 0 Å². The Hall–Kier alpha value is -1.81. The van der Waals surface area contributed by atoms with Gasteiger partial charge in [-0.05, 0) is 31.3 Å². The third kappa shape index (κ3) is 2.47. The van der Waals surface area contributed by atoms with Crippen molar-refractivity contribution in [1.29, 1.82) is 0 Å². The van der Waals surface area contributed by atoms with E-state index in [4.69, 9.17) is 4.74 Å². The summed E-state index contributed by atoms with van der Waals surface area (Å²) in [7, 11) is 1.83. The summed E-state index contributed by atoms with van der Waals surface area (Å²) in [6, 6.07) is 7.60. The lowest BCUT2D eigenvalue weighted by atomic mass is 10.2. The first-order chi connectivity index (χ1) is 8.24. The van der Waals surface area contributed by atoms with Crippen molar-refractivity contribution in [1.82, 2.24) is 10.3 Å². The van der Waals surface area contributed by atoms with Crippen LogP contribution in [0, 0.1) is 0 Å². The molecule has 1 aromatic heterocycles. The van der Waals surface area contributed by atoms with Gasteiger partial charge in [0, 0.05) is 17.3 Å². The van der Waals surface area contributed by atoms with Crippen LogP contribution in [-0.4, -0.2) is 24.5 Å². The van der Waals surface area contributed by atoms with Crippen molar-refractivity contribution in [2.75, 3.05) is 13.8 Å². The van der Waals surface area contributed by atoms with E-state index in [0.717, 1.165) is 16.7 Å². The molecule has 1 aromatic carbocycles. The molecular formula is C13H16N2O2. The summed E-state index contributed by atoms with van der Waals surface area (Å²) in [5.74, 6) is 0.917. The second-order valence-corrected chi connectivity index (χ2v) is 3.85. The zero-order valence-electron chi connectivity index (χ0n) is 10.0. The maximum absolute atomic E-state index is 11.6. The van der Waals surface area contributed by atoms with Crippen LogP contribution in [-0.2, 0) is 0 Å². The first-order valence-corrected chi connectivity index (χ1v) is 5.68. The minimum Gasteiger partial charge on any atom is -0.478 e. The van der Waals surface area contributed by atoms with Gasteiger partial charge in [-0.25, -0.2) is 0 Å². The molecule has 0 amide bonds. The van der Waals surface area contributed by atoms with E-state index in [2.05, 4.69) is 10.3 Å². The summed E-state index contributed by atoms with van der Waals surface area (Å²) in [4.78, 5) is 14.7. The molecule has 90 valence electrons. The molecule has 0 radical (unpaired) electrons. The summed E-state index contributed by atoms with van der Waals surface area (Å²) in [5.41, 5.74) is 1.62. The molecule has 4 heteroatoms. The van der Waals surface area contributed by atoms with E-state index < -0.39 is 0 Å². The van der Waals surface area contributed by atoms with E-state index in [0.29, 0.717) is 18.8 Å². The van der Waals surface area contributed by atoms with Crippen molar-refractivity contribution >= 4 is 16.7 Å². The predicted molar refractivity (Wildman–Crippen MR) is 67.5 cm³/mol. The van der Waals surface area contributed by atoms with E-state index in [1.165, 1.54) is 0 Å². The molecule has 0 spiro atoms. The number of aromatic amines is 1. The fourth-order valence-corrected chi connectivity index (χ4v) is 1.70. The van der Waals surface area contributed by atoms with E-state index in [9.17, 15) is 4.79 Å². The van der Waals surface area contributed by atoms with Crippen molar-refractivity contribution in [3.05, 3.63) is 30.0 Å². The molecule has 2 N–H and O–H groups in total. The third-order valence-electron chi connectivity index (χ3n) is 2.60. The van der Waals surface area contributed by atoms with Crippen LogP contribution in [0.2, 0.25) is 0 Å². The molecule has 0 unspecified atom stereocenters. The van der Waals surface area contributed by atoms with E-state index in [1.807, 2.05) is 38.2 Å². The van der Waals surface area contributed by atoms with E-state index in [1.54, 1.807) is 0 Å². The van der Waals surface area contributed by atoms with E-state index in [-0.39, 0.29) is 5.78 Å². The van der Waals surface area contributed by atoms with Crippen LogP contribution < -0.4 is 10.1 Å². The fourth-order valence-electron chi connectivity index (χ4n) is 1.70. The molecule has 2 aromatic rings. The molecule has 0 atom stereocenters. The molecule has 0 aliphatic carbocycles. The number of rotatable bonds is 5. The number of fused-ring (bicyclic) bond motifs is 1. The molecule has 1 heterocycles. The maximum atomic E-state index is 11.6. The Morgan fingerprint density at radius 3 is 2.94 bits per heavy atom. The smallest absolute Gasteiger partial charge is 0.178 e. The predicted octanol–water partition coefficient (Wildman–Crippen LogP) is 2.32. The zero-order chi connectivity index (χ0) is 12.3. The lowest BCUT2D eigenvalue weighted by molar-refractivity contribution is 0.0984. The van der Waals surface area contributed by atoms with Crippen LogP contribution in [0.1, 0.15) is 23.8 Å². The van der Waals surface area contributed by atoms with Crippen LogP contribution in [0.15, 0.2) is 24.3 Å². The van der Waals surface area contributed by atoms with Gasteiger partial charge >= 0.3 is 0 Å². The Kier molecular flexibility index (Phi) is 3.44. The second kappa shape index (κ2) is 5.01. The highest BCUT2D eigenvalue weighted by Gasteiger charge is 2.07. The van der Waals surface area contributed by atoms with Gasteiger partial charge in [0.05, 0.1) is 5.69 Å². The van der Waals surface area contributed by atoms with Gasteiger partial charge in [0.1, 0.15) is 12.5 Å². The van der Waals surface area contributed by atoms with Gasteiger partial charge in [-0.1, -0.05) is 6.92 Å². The third-order valence-corrected chi connectivity index (χ3v) is 2.60. The van der Waals surface area contributed by atoms with Crippen LogP contribution in [0.3, 0.4) is 0 Å². The molecule has 0 aliphatic heterocycles. The Morgan fingerprint density at radius 1 is 1.41 bits per heavy atom. The minimum absolute atomic E-state index is 0.124. The number of aromatic nitrogens is 1. The second-order valence-electron chi connectivity index (χ2n) is 3.85. The van der Waals surface area contributed by atoms with Gasteiger partial charge < -0.3 is 9.72 Å². The van der Waals surface area contributed by atoms with Gasteiger partial charge in [-0.15, -0.1) is 0 Å². The number of carbonyl (C=O) groups is 1. The topological polar surface area (TPSA) is 54.1 Å². The Labute approximate surface area is 100.0 Å². The molecule has 0 bridgehead atoms. The van der Waals surface area contributed by atoms with Crippen LogP contribution >= 0.6 is 0 Å². The van der Waals surface area contributed by atoms with Gasteiger partial charge in [0.15, 0.2) is 5.78 Å². The van der Waals surface area contributed by atoms with Gasteiger partial charge in [-0.2, -0.15) is 0 Å². The van der Waals surface area contributed by atoms with Crippen LogP contribution in [0.5, 0.6) is 5.75 Å². The minimum atomic E-state index is 0.124. The maximum Gasteiger partial charge on any atom is 0.178 e. The molecule has 4 nitrogen and oxygen atoms in total. The summed E-state index contributed by atoms with van der Waals surface area (Å²) in [6.07, 6.45) is 0.510. The van der Waals surface area contributed by atoms with Crippen molar-refractivity contribution in [3.8, 4) is 5.75 Å². The Morgan fingerprint density at radius 2 is 2.24 bits per heavy atom. The number of H-pyrrole nitrogens is 1. The Balaban J connectivity index is 2.31. The number of benzene rings is 1. The number of carbonyl (C=O) groups excluding carboxylic acids is 1. The molecule has 17 heavy (non-hydrogen) atoms. The molecule has 2 rings (SSSR count). The lowest BCUT2D eigenvalue weighted by Gasteiger charge is -2.04. The molecule has 0 saturated carbocycles. The first kappa shape index (κ1) is 11.7. The van der Waals surface area contributed by atoms with Crippen LogP contribution in [0.25, 0.3) is 10.9 Å². The largest absolute Gasteiger partial charge is 0.478 e. The average Bonchev–Trinajstić information content (AvgIpc) is 2.78. The monoisotopic (exact) mass is 232 g/mol. The summed E-state index contributed by atoms with van der Waals surface area (Å²) < 4.78 is 5.45. The number of ether oxygens (including phenoxy) is 1. The highest BCUT2D eigenvalue weighted by atomic mass is 16.5. The molecule has 0 fully saturated rings. The van der Waals surface area contributed by atoms with Gasteiger partial charge in [0.25, 0.3) is 0 Å². The summed E-state index contributed by atoms with van der Waals surface area (Å²) >= 11 is 0. The van der Waals surface area contributed by atoms with Gasteiger partial charge in [0.2, 0.25) is 0 Å². The van der Waals surface area contributed by atoms with Crippen molar-refractivity contribution < 1.29 is 9.53 Å². The molecule has 0 saturated heterocycles. The van der Waals surface area contributed by atoms with Crippen molar-refractivity contribution in [2.45, 2.75) is 13.3 Å². The van der Waals surface area contributed by atoms with Crippen molar-refractivity contribution in [3.63, 3.8) is 0 Å². The number of hydrogen-bond donors (Lipinski definition) is 2. The number of nitrogens with one attached hydrogen (secondary N) is 2. The summed E-state index contributed by atoms with van der Waals surface area (Å²) in [5, 5.41) is 3.91. The molecule has 0 aliphatic rings. The number of Topliss-reactive ketones (excluding diaryl/α,β-unsaturated/α-hetero) is 1. The Bertz CT molecular complexity index is 531. The van der Waals surface area contributed by atoms with Crippen LogP contribution in [0.4, 0.5) is 0 Å². The highest BCUT2D eigenvalue weighted by Crippen LogP contribution is 2.22. The lowest BCUT2D eigenvalue weighted by Crippen LogP contribution is -2.13. The fraction of sp³-hybridized carbons (Fsp3) is 0.308. The first-order valence-electron chi connectivity index (χ1n) is 5.68. The van der Waals surface area contributed by atoms with E-state index >= 15 is 0 Å². The normalized spacial score (nSPS) is 10.7. The highest BCUT2D eigenvalue weighted by molar-refractivity contribution is 5.99. The summed E-state index contributed by atoms with van der Waals surface area (Å²) in [6.45, 7) is 2.33. The number of hydrogen-bond acceptors (Lipinski definition) is 3. The quantitative estimate of drug-likeness (QED) is 0.614. The number of ketones is 1. The van der Waals surface area contributed by atoms with Gasteiger partial charge in [-0.3, -0.25) is 10.1 Å².